The normalized spacial score (nSPS) is 11.3. The lowest BCUT2D eigenvalue weighted by atomic mass is 9.74. The highest BCUT2D eigenvalue weighted by Crippen LogP contribution is 2.31. The number of rotatable bonds is 2. The molecule has 136 valence electrons. The third-order valence-electron chi connectivity index (χ3n) is 6.06. The number of hydrogen-bond donors (Lipinski definition) is 0. The van der Waals surface area contributed by atoms with E-state index >= 15 is 0 Å². The van der Waals surface area contributed by atoms with Crippen LogP contribution in [0.25, 0.3) is 38.6 Å². The minimum absolute atomic E-state index is 0.873. The van der Waals surface area contributed by atoms with Crippen LogP contribution in [-0.2, 0) is 0 Å². The highest BCUT2D eigenvalue weighted by Gasteiger charge is 2.19. The second-order valence-corrected chi connectivity index (χ2v) is 8.06. The van der Waals surface area contributed by atoms with Crippen molar-refractivity contribution in [2.75, 3.05) is 0 Å². The molecule has 0 bridgehead atoms. The number of fused-ring (bicyclic) bond motifs is 3. The first-order valence-corrected chi connectivity index (χ1v) is 10.3. The molecule has 29 heavy (non-hydrogen) atoms. The lowest BCUT2D eigenvalue weighted by Gasteiger charge is -2.15. The average molecular weight is 389 g/mol. The summed E-state index contributed by atoms with van der Waals surface area (Å²) in [4.78, 5) is 0. The highest BCUT2D eigenvalue weighted by molar-refractivity contribution is 6.64. The molecule has 5 heteroatoms. The molecule has 4 aromatic carbocycles. The third kappa shape index (κ3) is 2.74. The van der Waals surface area contributed by atoms with Crippen LogP contribution in [-0.4, -0.2) is 28.1 Å². The summed E-state index contributed by atoms with van der Waals surface area (Å²) in [5.41, 5.74) is 9.63. The number of hydrogen-bond acceptors (Lipinski definition) is 0. The maximum atomic E-state index is 6.70. The molecule has 0 aliphatic rings. The predicted octanol–water partition coefficient (Wildman–Crippen LogP) is 1.88. The Morgan fingerprint density at radius 3 is 1.97 bits per heavy atom. The molecule has 5 rings (SSSR count). The molecular weight excluding hydrogens is 370 g/mol. The van der Waals surface area contributed by atoms with Crippen molar-refractivity contribution in [1.82, 2.24) is 4.57 Å². The van der Waals surface area contributed by atoms with Gasteiger partial charge in [0.15, 0.2) is 0 Å². The lowest BCUT2D eigenvalue weighted by Crippen LogP contribution is -2.33. The van der Waals surface area contributed by atoms with E-state index in [0.717, 1.165) is 15.9 Å². The van der Waals surface area contributed by atoms with Gasteiger partial charge in [-0.3, -0.25) is 0 Å². The Morgan fingerprint density at radius 2 is 1.24 bits per heavy atom. The van der Waals surface area contributed by atoms with Crippen LogP contribution in [0, 0.1) is 0 Å². The summed E-state index contributed by atoms with van der Waals surface area (Å²) in [7, 11) is 6.42. The Labute approximate surface area is 178 Å². The molecule has 1 aromatic heterocycles. The van der Waals surface area contributed by atoms with Crippen molar-refractivity contribution in [2.24, 2.45) is 0 Å². The lowest BCUT2D eigenvalue weighted by molar-refractivity contribution is 1.19. The van der Waals surface area contributed by atoms with Gasteiger partial charge in [0.25, 0.3) is 0 Å². The number of halogens is 1. The van der Waals surface area contributed by atoms with Crippen molar-refractivity contribution in [2.45, 2.75) is 0 Å². The Bertz CT molecular complexity index is 1370. The molecule has 0 unspecified atom stereocenters. The van der Waals surface area contributed by atoms with Crippen molar-refractivity contribution in [3.8, 4) is 16.8 Å². The first-order chi connectivity index (χ1) is 14.1. The molecule has 5 aromatic rings. The second kappa shape index (κ2) is 6.90. The van der Waals surface area contributed by atoms with E-state index in [0.29, 0.717) is 0 Å². The molecule has 0 radical (unpaired) electrons. The van der Waals surface area contributed by atoms with Gasteiger partial charge in [0, 0.05) is 27.0 Å². The molecule has 0 spiro atoms. The van der Waals surface area contributed by atoms with Gasteiger partial charge in [-0.1, -0.05) is 88.7 Å². The molecule has 0 saturated carbocycles. The molecule has 0 amide bonds. The van der Waals surface area contributed by atoms with E-state index in [1.165, 1.54) is 44.1 Å². The standard InChI is InChI=1S/C24H19B3ClN/c25-20-19-17-8-4-5-9-18(17)29(24(19)22(27)21(26)23(20)28)16-12-10-15(11-13-16)14-6-2-1-3-7-14/h1-13H,25-27H2. The van der Waals surface area contributed by atoms with Gasteiger partial charge in [-0.25, -0.2) is 0 Å². The van der Waals surface area contributed by atoms with Crippen LogP contribution in [0.3, 0.4) is 0 Å². The highest BCUT2D eigenvalue weighted by atomic mass is 35.5. The van der Waals surface area contributed by atoms with Crippen molar-refractivity contribution in [3.63, 3.8) is 0 Å². The smallest absolute Gasteiger partial charge is 0.142 e. The maximum absolute atomic E-state index is 6.70. The summed E-state index contributed by atoms with van der Waals surface area (Å²) in [6.45, 7) is 0. The molecule has 0 N–H and O–H groups in total. The second-order valence-electron chi connectivity index (χ2n) is 7.68. The van der Waals surface area contributed by atoms with Crippen molar-refractivity contribution < 1.29 is 0 Å². The zero-order valence-electron chi connectivity index (χ0n) is 16.8. The SMILES string of the molecule is Bc1c(Cl)c(B)c2c3ccccc3n(-c3ccc(-c4ccccc4)cc3)c2c1B. The maximum Gasteiger partial charge on any atom is 0.142 e. The fraction of sp³-hybridized carbons (Fsp3) is 0. The van der Waals surface area contributed by atoms with Crippen LogP contribution < -0.4 is 16.4 Å². The van der Waals surface area contributed by atoms with E-state index in [9.17, 15) is 0 Å². The molecule has 0 atom stereocenters. The van der Waals surface area contributed by atoms with Crippen molar-refractivity contribution in [1.29, 1.82) is 0 Å². The van der Waals surface area contributed by atoms with Crippen LogP contribution in [0.1, 0.15) is 0 Å². The van der Waals surface area contributed by atoms with E-state index in [4.69, 9.17) is 11.6 Å². The molecule has 1 heterocycles. The van der Waals surface area contributed by atoms with E-state index in [-0.39, 0.29) is 0 Å². The Kier molecular flexibility index (Phi) is 4.33. The first kappa shape index (κ1) is 18.2. The van der Waals surface area contributed by atoms with Crippen LogP contribution >= 0.6 is 11.6 Å². The number of aromatic nitrogens is 1. The minimum atomic E-state index is 0.873. The Morgan fingerprint density at radius 1 is 0.621 bits per heavy atom. The zero-order valence-corrected chi connectivity index (χ0v) is 17.6. The van der Waals surface area contributed by atoms with E-state index in [2.05, 4.69) is 107 Å². The van der Waals surface area contributed by atoms with Crippen LogP contribution in [0.4, 0.5) is 0 Å². The average Bonchev–Trinajstić information content (AvgIpc) is 3.12. The molecule has 0 aliphatic carbocycles. The van der Waals surface area contributed by atoms with Gasteiger partial charge in [-0.15, -0.1) is 0 Å². The molecule has 0 aliphatic heterocycles. The summed E-state index contributed by atoms with van der Waals surface area (Å²) in [6.07, 6.45) is 0. The topological polar surface area (TPSA) is 4.93 Å². The fourth-order valence-corrected chi connectivity index (χ4v) is 4.65. The molecule has 0 fully saturated rings. The van der Waals surface area contributed by atoms with Crippen molar-refractivity contribution >= 4 is 73.3 Å². The van der Waals surface area contributed by atoms with E-state index < -0.39 is 0 Å². The van der Waals surface area contributed by atoms with Gasteiger partial charge in [-0.05, 0) is 29.3 Å². The van der Waals surface area contributed by atoms with Gasteiger partial charge in [-0.2, -0.15) is 0 Å². The van der Waals surface area contributed by atoms with Gasteiger partial charge in [0.1, 0.15) is 23.5 Å². The number of para-hydroxylation sites is 1. The number of nitrogens with zero attached hydrogens (tertiary/aromatic N) is 1. The van der Waals surface area contributed by atoms with Gasteiger partial charge < -0.3 is 4.57 Å². The molecule has 0 saturated heterocycles. The van der Waals surface area contributed by atoms with E-state index in [1.54, 1.807) is 0 Å². The third-order valence-corrected chi connectivity index (χ3v) is 6.63. The van der Waals surface area contributed by atoms with Crippen molar-refractivity contribution in [3.05, 3.63) is 83.9 Å². The Hall–Kier alpha value is -2.84. The van der Waals surface area contributed by atoms with Gasteiger partial charge in [0.05, 0.1) is 5.52 Å². The van der Waals surface area contributed by atoms with Crippen LogP contribution in [0.5, 0.6) is 0 Å². The minimum Gasteiger partial charge on any atom is -0.310 e. The van der Waals surface area contributed by atoms with E-state index in [1.807, 2.05) is 0 Å². The molecule has 1 nitrogen and oxygen atoms in total. The number of benzene rings is 4. The predicted molar refractivity (Wildman–Crippen MR) is 136 cm³/mol. The van der Waals surface area contributed by atoms with Gasteiger partial charge >= 0.3 is 0 Å². The van der Waals surface area contributed by atoms with Crippen LogP contribution in [0.15, 0.2) is 78.9 Å². The summed E-state index contributed by atoms with van der Waals surface area (Å²) in [5, 5.41) is 3.37. The summed E-state index contributed by atoms with van der Waals surface area (Å²) in [6, 6.07) is 27.9. The Balaban J connectivity index is 1.83. The largest absolute Gasteiger partial charge is 0.310 e. The van der Waals surface area contributed by atoms with Gasteiger partial charge in [0.2, 0.25) is 0 Å². The van der Waals surface area contributed by atoms with Crippen LogP contribution in [0.2, 0.25) is 5.02 Å². The first-order valence-electron chi connectivity index (χ1n) is 9.92. The monoisotopic (exact) mass is 389 g/mol. The summed E-state index contributed by atoms with van der Waals surface area (Å²) in [5.74, 6) is 0. The zero-order chi connectivity index (χ0) is 20.1. The summed E-state index contributed by atoms with van der Waals surface area (Å²) >= 11 is 6.70. The summed E-state index contributed by atoms with van der Waals surface area (Å²) < 4.78 is 2.38. The fourth-order valence-electron chi connectivity index (χ4n) is 4.41. The quantitative estimate of drug-likeness (QED) is 0.407. The molecular formula is C24H19B3ClN.